The molecule has 1 saturated heterocycles. The molecular weight excluding hydrogens is 292 g/mol. The predicted octanol–water partition coefficient (Wildman–Crippen LogP) is 2.87. The van der Waals surface area contributed by atoms with Crippen molar-refractivity contribution in [3.05, 3.63) is 28.8 Å². The van der Waals surface area contributed by atoms with Crippen molar-refractivity contribution in [2.75, 3.05) is 6.54 Å². The van der Waals surface area contributed by atoms with E-state index in [1.807, 2.05) is 16.7 Å². The maximum atomic E-state index is 4.60. The van der Waals surface area contributed by atoms with E-state index in [0.29, 0.717) is 6.04 Å². The van der Waals surface area contributed by atoms with Crippen LogP contribution in [0.3, 0.4) is 0 Å². The average molecular weight is 309 g/mol. The van der Waals surface area contributed by atoms with Gasteiger partial charge in [-0.25, -0.2) is 9.97 Å². The molecule has 5 heteroatoms. The Kier molecular flexibility index (Phi) is 3.35. The number of imidazole rings is 1. The second-order valence-corrected chi connectivity index (χ2v) is 5.71. The molecule has 0 aliphatic carbocycles. The zero-order valence-electron chi connectivity index (χ0n) is 10.5. The number of nitrogens with zero attached hydrogens (tertiary/aromatic N) is 4. The molecule has 0 radical (unpaired) electrons. The van der Waals surface area contributed by atoms with Gasteiger partial charge in [-0.3, -0.25) is 9.30 Å². The molecular formula is C13H17BrN4. The van der Waals surface area contributed by atoms with Gasteiger partial charge in [0.05, 0.1) is 5.69 Å². The van der Waals surface area contributed by atoms with Crippen LogP contribution in [-0.4, -0.2) is 31.9 Å². The first-order valence-electron chi connectivity index (χ1n) is 6.47. The number of hydrogen-bond donors (Lipinski definition) is 0. The van der Waals surface area contributed by atoms with Gasteiger partial charge in [-0.1, -0.05) is 6.42 Å². The first-order chi connectivity index (χ1) is 8.75. The molecule has 0 amide bonds. The summed E-state index contributed by atoms with van der Waals surface area (Å²) < 4.78 is 3.02. The number of halogens is 1. The molecule has 0 aromatic carbocycles. The van der Waals surface area contributed by atoms with E-state index in [1.54, 1.807) is 6.20 Å². The predicted molar refractivity (Wildman–Crippen MR) is 74.4 cm³/mol. The van der Waals surface area contributed by atoms with Crippen molar-refractivity contribution in [2.24, 2.45) is 0 Å². The summed E-state index contributed by atoms with van der Waals surface area (Å²) in [5.41, 5.74) is 1.09. The lowest BCUT2D eigenvalue weighted by Gasteiger charge is -2.32. The zero-order chi connectivity index (χ0) is 12.5. The lowest BCUT2D eigenvalue weighted by molar-refractivity contribution is 0.151. The smallest absolute Gasteiger partial charge is 0.234 e. The molecule has 18 heavy (non-hydrogen) atoms. The van der Waals surface area contributed by atoms with Crippen LogP contribution in [0.15, 0.2) is 23.1 Å². The van der Waals surface area contributed by atoms with E-state index >= 15 is 0 Å². The largest absolute Gasteiger partial charge is 0.295 e. The topological polar surface area (TPSA) is 33.4 Å². The maximum Gasteiger partial charge on any atom is 0.234 e. The van der Waals surface area contributed by atoms with Crippen molar-refractivity contribution in [3.8, 4) is 0 Å². The lowest BCUT2D eigenvalue weighted by Crippen LogP contribution is -2.36. The first-order valence-corrected chi connectivity index (χ1v) is 7.26. The normalized spacial score (nSPS) is 21.6. The average Bonchev–Trinajstić information content (AvgIpc) is 2.70. The molecule has 1 fully saturated rings. The molecule has 3 rings (SSSR count). The van der Waals surface area contributed by atoms with Crippen LogP contribution >= 0.6 is 15.9 Å². The highest BCUT2D eigenvalue weighted by Gasteiger charge is 2.21. The van der Waals surface area contributed by atoms with Gasteiger partial charge in [-0.2, -0.15) is 0 Å². The summed E-state index contributed by atoms with van der Waals surface area (Å²) in [5, 5.41) is 0. The van der Waals surface area contributed by atoms with Gasteiger partial charge in [0, 0.05) is 25.0 Å². The molecule has 3 heterocycles. The third kappa shape index (κ3) is 2.17. The third-order valence-electron chi connectivity index (χ3n) is 3.70. The zero-order valence-corrected chi connectivity index (χ0v) is 12.1. The second-order valence-electron chi connectivity index (χ2n) is 4.95. The number of piperidine rings is 1. The molecule has 96 valence electrons. The highest BCUT2D eigenvalue weighted by atomic mass is 79.9. The molecule has 0 bridgehead atoms. The molecule has 1 unspecified atom stereocenters. The summed E-state index contributed by atoms with van der Waals surface area (Å²) in [5.74, 6) is 0.768. The van der Waals surface area contributed by atoms with Crippen LogP contribution in [-0.2, 0) is 6.54 Å². The maximum absolute atomic E-state index is 4.60. The van der Waals surface area contributed by atoms with E-state index in [0.717, 1.165) is 22.6 Å². The number of aromatic nitrogens is 3. The molecule has 1 aliphatic rings. The van der Waals surface area contributed by atoms with Crippen LogP contribution in [0.1, 0.15) is 31.9 Å². The van der Waals surface area contributed by atoms with Crippen molar-refractivity contribution in [2.45, 2.75) is 38.8 Å². The van der Waals surface area contributed by atoms with Crippen molar-refractivity contribution in [1.82, 2.24) is 19.3 Å². The van der Waals surface area contributed by atoms with Gasteiger partial charge in [0.25, 0.3) is 0 Å². The Bertz CT molecular complexity index is 551. The van der Waals surface area contributed by atoms with Crippen LogP contribution in [0.4, 0.5) is 0 Å². The Labute approximate surface area is 115 Å². The summed E-state index contributed by atoms with van der Waals surface area (Å²) in [7, 11) is 0. The molecule has 1 aliphatic heterocycles. The van der Waals surface area contributed by atoms with Crippen molar-refractivity contribution < 1.29 is 0 Å². The van der Waals surface area contributed by atoms with Gasteiger partial charge < -0.3 is 0 Å². The van der Waals surface area contributed by atoms with Gasteiger partial charge in [0.2, 0.25) is 5.78 Å². The SMILES string of the molecule is CC1CCCCN1Cc1nc2ncccn2c1Br. The number of rotatable bonds is 2. The summed E-state index contributed by atoms with van der Waals surface area (Å²) in [6, 6.07) is 2.58. The van der Waals surface area contributed by atoms with Gasteiger partial charge in [-0.05, 0) is 48.3 Å². The summed E-state index contributed by atoms with van der Waals surface area (Å²) >= 11 is 3.63. The quantitative estimate of drug-likeness (QED) is 0.855. The third-order valence-corrected chi connectivity index (χ3v) is 4.54. The highest BCUT2D eigenvalue weighted by molar-refractivity contribution is 9.10. The molecule has 1 atom stereocenters. The summed E-state index contributed by atoms with van der Waals surface area (Å²) in [6.07, 6.45) is 7.72. The van der Waals surface area contributed by atoms with Crippen LogP contribution in [0.25, 0.3) is 5.78 Å². The molecule has 0 saturated carbocycles. The van der Waals surface area contributed by atoms with Crippen LogP contribution in [0.2, 0.25) is 0 Å². The second kappa shape index (κ2) is 4.97. The molecule has 2 aromatic heterocycles. The molecule has 2 aromatic rings. The Morgan fingerprint density at radius 2 is 2.33 bits per heavy atom. The highest BCUT2D eigenvalue weighted by Crippen LogP contribution is 2.23. The van der Waals surface area contributed by atoms with E-state index in [2.05, 4.69) is 37.7 Å². The van der Waals surface area contributed by atoms with E-state index in [-0.39, 0.29) is 0 Å². The minimum absolute atomic E-state index is 0.656. The van der Waals surface area contributed by atoms with Crippen molar-refractivity contribution >= 4 is 21.7 Å². The monoisotopic (exact) mass is 308 g/mol. The number of fused-ring (bicyclic) bond motifs is 1. The van der Waals surface area contributed by atoms with Gasteiger partial charge in [0.15, 0.2) is 0 Å². The number of hydrogen-bond acceptors (Lipinski definition) is 3. The summed E-state index contributed by atoms with van der Waals surface area (Å²) in [4.78, 5) is 11.4. The van der Waals surface area contributed by atoms with Crippen molar-refractivity contribution in [1.29, 1.82) is 0 Å². The van der Waals surface area contributed by atoms with Crippen LogP contribution < -0.4 is 0 Å². The Morgan fingerprint density at radius 1 is 1.44 bits per heavy atom. The molecule has 0 N–H and O–H groups in total. The molecule has 4 nitrogen and oxygen atoms in total. The Morgan fingerprint density at radius 3 is 3.11 bits per heavy atom. The van der Waals surface area contributed by atoms with E-state index in [9.17, 15) is 0 Å². The van der Waals surface area contributed by atoms with E-state index in [4.69, 9.17) is 0 Å². The van der Waals surface area contributed by atoms with Gasteiger partial charge in [0.1, 0.15) is 4.60 Å². The molecule has 0 spiro atoms. The van der Waals surface area contributed by atoms with Gasteiger partial charge >= 0.3 is 0 Å². The summed E-state index contributed by atoms with van der Waals surface area (Å²) in [6.45, 7) is 4.39. The van der Waals surface area contributed by atoms with Crippen LogP contribution in [0, 0.1) is 0 Å². The fourth-order valence-electron chi connectivity index (χ4n) is 2.59. The van der Waals surface area contributed by atoms with E-state index in [1.165, 1.54) is 25.8 Å². The van der Waals surface area contributed by atoms with Crippen LogP contribution in [0.5, 0.6) is 0 Å². The minimum atomic E-state index is 0.656. The first kappa shape index (κ1) is 12.1. The minimum Gasteiger partial charge on any atom is -0.295 e. The lowest BCUT2D eigenvalue weighted by atomic mass is 10.0. The number of likely N-dealkylation sites (tertiary alicyclic amines) is 1. The van der Waals surface area contributed by atoms with E-state index < -0.39 is 0 Å². The fourth-order valence-corrected chi connectivity index (χ4v) is 3.08. The standard InChI is InChI=1S/C13H17BrN4/c1-10-5-2-3-7-17(10)9-11-12(14)18-8-4-6-15-13(18)16-11/h4,6,8,10H,2-3,5,7,9H2,1H3. The Balaban J connectivity index is 1.88. The Hall–Kier alpha value is -0.940. The van der Waals surface area contributed by atoms with Crippen molar-refractivity contribution in [3.63, 3.8) is 0 Å². The van der Waals surface area contributed by atoms with Gasteiger partial charge in [-0.15, -0.1) is 0 Å². The fraction of sp³-hybridized carbons (Fsp3) is 0.538.